The molecule has 596 valence electrons. The fourth-order valence-corrected chi connectivity index (χ4v) is 20.5. The Balaban J connectivity index is 0.000000105. The Morgan fingerprint density at radius 1 is 0.117 bits per heavy atom. The molecule has 0 N–H and O–H groups in total. The number of rotatable bonds is 8. The molecule has 24 aromatic carbocycles. The SMILES string of the molecule is Cc1ccc2c(-c3ccccc3)c3ccccc3c(-c3ccc4oc5cc6ccccc6cc5c4c3)c2c1.c1ccc(-c2c3ccccc3c(-c3ccc4oc5cc6ccccc6cc5c4c3)c3ccc(-c4ccc5ccccc5c4)cc23)cc1.c1ccc(-c2ccc3c(-c4ccccc4)c4ccccc4c(-c4ccc5oc6cc7ccccc7cc6c5c4)c3c2)cc1. The lowest BCUT2D eigenvalue weighted by Gasteiger charge is -2.19. The molecule has 0 spiro atoms. The molecule has 0 aliphatic rings. The van der Waals surface area contributed by atoms with Crippen molar-refractivity contribution in [1.29, 1.82) is 0 Å². The Bertz CT molecular complexity index is 9190. The van der Waals surface area contributed by atoms with E-state index in [0.717, 1.165) is 65.8 Å². The molecule has 0 amide bonds. The topological polar surface area (TPSA) is 39.4 Å². The first kappa shape index (κ1) is 74.0. The molecular weight excluding hydrogens is 1550 g/mol. The summed E-state index contributed by atoms with van der Waals surface area (Å²) in [7, 11) is 0. The smallest absolute Gasteiger partial charge is 0.136 e. The number of fused-ring (bicyclic) bond motifs is 19. The Kier molecular flexibility index (Phi) is 17.5. The number of hydrogen-bond donors (Lipinski definition) is 0. The number of furan rings is 3. The highest BCUT2D eigenvalue weighted by Crippen LogP contribution is 2.51. The maximum Gasteiger partial charge on any atom is 0.136 e. The summed E-state index contributed by atoms with van der Waals surface area (Å²) in [5, 5.41) is 31.7. The van der Waals surface area contributed by atoms with Gasteiger partial charge in [0.25, 0.3) is 0 Å². The van der Waals surface area contributed by atoms with Gasteiger partial charge < -0.3 is 13.3 Å². The van der Waals surface area contributed by atoms with E-state index in [1.807, 2.05) is 0 Å². The Morgan fingerprint density at radius 3 is 0.711 bits per heavy atom. The highest BCUT2D eigenvalue weighted by molar-refractivity contribution is 6.27. The van der Waals surface area contributed by atoms with Gasteiger partial charge in [0.05, 0.1) is 0 Å². The summed E-state index contributed by atoms with van der Waals surface area (Å²) in [5.41, 5.74) is 26.5. The van der Waals surface area contributed by atoms with Crippen molar-refractivity contribution >= 4 is 174 Å². The maximum atomic E-state index is 6.40. The molecule has 3 heteroatoms. The zero-order valence-corrected chi connectivity index (χ0v) is 70.0. The fraction of sp³-hybridized carbons (Fsp3) is 0.00800. The molecule has 0 bridgehead atoms. The molecule has 128 heavy (non-hydrogen) atoms. The van der Waals surface area contributed by atoms with E-state index < -0.39 is 0 Å². The zero-order valence-electron chi connectivity index (χ0n) is 70.0. The van der Waals surface area contributed by atoms with Crippen LogP contribution in [-0.4, -0.2) is 0 Å². The molecule has 3 aromatic heterocycles. The first-order valence-electron chi connectivity index (χ1n) is 44.0. The first-order valence-corrected chi connectivity index (χ1v) is 44.0. The summed E-state index contributed by atoms with van der Waals surface area (Å²) in [6.45, 7) is 2.18. The third-order valence-corrected chi connectivity index (χ3v) is 26.5. The van der Waals surface area contributed by atoms with E-state index in [1.54, 1.807) is 0 Å². The molecule has 0 radical (unpaired) electrons. The Morgan fingerprint density at radius 2 is 0.344 bits per heavy atom. The van der Waals surface area contributed by atoms with Crippen molar-refractivity contribution in [2.75, 3.05) is 0 Å². The standard InChI is InChI=1S/C46H28O.C42H26O.C37H24O/c1-2-11-30(12-3-1)45-37-16-8-9-17-38(37)46(39-22-20-35(26-42(39)45)34-19-18-29-10-4-5-13-31(29)24-34)36-21-23-43-40(27-36)41-25-32-14-6-7-15-33(32)28-44(41)47-43;1-3-11-27(12-4-1)31-19-21-35-38(24-31)42(34-18-10-9-17-33(34)41(35)28-13-5-2-6-14-28)32-20-22-39-36(25-32)37-23-29-15-7-8-16-30(29)26-40(37)43-39;1-23-15-17-30-33(19-23)37(29-14-8-7-13-28(29)36(30)24-9-3-2-4-10-24)27-16-18-34-31(21-27)32-20-25-11-5-6-12-26(25)22-35(32)38-34/h1-28H;1-26H;2-22H,1H3. The fourth-order valence-electron chi connectivity index (χ4n) is 20.5. The van der Waals surface area contributed by atoms with Gasteiger partial charge in [-0.3, -0.25) is 0 Å². The Hall–Kier alpha value is -16.7. The average Bonchev–Trinajstić information content (AvgIpc) is 0.979. The highest BCUT2D eigenvalue weighted by Gasteiger charge is 2.25. The summed E-state index contributed by atoms with van der Waals surface area (Å²) in [4.78, 5) is 0. The second-order valence-corrected chi connectivity index (χ2v) is 34.0. The average molecular weight is 1630 g/mol. The van der Waals surface area contributed by atoms with Crippen molar-refractivity contribution < 1.29 is 13.3 Å². The van der Waals surface area contributed by atoms with Crippen LogP contribution in [-0.2, 0) is 0 Å². The Labute approximate surface area is 738 Å². The van der Waals surface area contributed by atoms with Crippen LogP contribution in [0.5, 0.6) is 0 Å². The summed E-state index contributed by atoms with van der Waals surface area (Å²) < 4.78 is 19.1. The lowest BCUT2D eigenvalue weighted by atomic mass is 9.84. The minimum absolute atomic E-state index is 0.909. The van der Waals surface area contributed by atoms with Crippen LogP contribution in [0.15, 0.2) is 468 Å². The van der Waals surface area contributed by atoms with Gasteiger partial charge in [0, 0.05) is 32.3 Å². The summed E-state index contributed by atoms with van der Waals surface area (Å²) in [5.74, 6) is 0. The molecule has 0 saturated heterocycles. The molecule has 0 aliphatic carbocycles. The van der Waals surface area contributed by atoms with Gasteiger partial charge in [-0.05, 0) is 295 Å². The van der Waals surface area contributed by atoms with Crippen molar-refractivity contribution in [3.8, 4) is 89.0 Å². The molecule has 0 atom stereocenters. The quantitative estimate of drug-likeness (QED) is 0.142. The highest BCUT2D eigenvalue weighted by atomic mass is 16.3. The second kappa shape index (κ2) is 30.4. The van der Waals surface area contributed by atoms with Gasteiger partial charge in [0.15, 0.2) is 0 Å². The van der Waals surface area contributed by atoms with Crippen LogP contribution in [0.25, 0.3) is 263 Å². The second-order valence-electron chi connectivity index (χ2n) is 34.0. The maximum absolute atomic E-state index is 6.40. The van der Waals surface area contributed by atoms with E-state index in [4.69, 9.17) is 13.3 Å². The van der Waals surface area contributed by atoms with E-state index in [0.29, 0.717) is 0 Å². The molecule has 0 aliphatic heterocycles. The molecule has 0 fully saturated rings. The molecule has 0 unspecified atom stereocenters. The van der Waals surface area contributed by atoms with Crippen molar-refractivity contribution in [2.45, 2.75) is 6.92 Å². The van der Waals surface area contributed by atoms with Gasteiger partial charge in [-0.25, -0.2) is 0 Å². The van der Waals surface area contributed by atoms with Crippen LogP contribution in [0.1, 0.15) is 5.56 Å². The summed E-state index contributed by atoms with van der Waals surface area (Å²) in [6, 6.07) is 165. The van der Waals surface area contributed by atoms with Crippen LogP contribution in [0.3, 0.4) is 0 Å². The molecule has 27 aromatic rings. The molecule has 0 saturated carbocycles. The minimum Gasteiger partial charge on any atom is -0.456 e. The van der Waals surface area contributed by atoms with Crippen LogP contribution in [0.2, 0.25) is 0 Å². The number of aryl methyl sites for hydroxylation is 1. The third-order valence-electron chi connectivity index (χ3n) is 26.5. The van der Waals surface area contributed by atoms with E-state index in [1.165, 1.54) is 202 Å². The third kappa shape index (κ3) is 12.6. The normalized spacial score (nSPS) is 11.8. The van der Waals surface area contributed by atoms with Gasteiger partial charge in [0.1, 0.15) is 33.5 Å². The summed E-state index contributed by atoms with van der Waals surface area (Å²) >= 11 is 0. The van der Waals surface area contributed by atoms with Crippen molar-refractivity contribution in [3.05, 3.63) is 461 Å². The van der Waals surface area contributed by atoms with Crippen molar-refractivity contribution in [1.82, 2.24) is 0 Å². The first-order chi connectivity index (χ1) is 63.3. The van der Waals surface area contributed by atoms with Gasteiger partial charge in [0.2, 0.25) is 0 Å². The van der Waals surface area contributed by atoms with Crippen LogP contribution >= 0.6 is 0 Å². The van der Waals surface area contributed by atoms with Crippen LogP contribution in [0, 0.1) is 6.92 Å². The predicted octanol–water partition coefficient (Wildman–Crippen LogP) is 35.9. The molecule has 3 heterocycles. The van der Waals surface area contributed by atoms with E-state index in [2.05, 4.69) is 462 Å². The van der Waals surface area contributed by atoms with Crippen LogP contribution in [0.4, 0.5) is 0 Å². The van der Waals surface area contributed by atoms with Crippen molar-refractivity contribution in [2.24, 2.45) is 0 Å². The van der Waals surface area contributed by atoms with E-state index in [-0.39, 0.29) is 0 Å². The van der Waals surface area contributed by atoms with E-state index >= 15 is 0 Å². The largest absolute Gasteiger partial charge is 0.456 e. The molecule has 3 nitrogen and oxygen atoms in total. The summed E-state index contributed by atoms with van der Waals surface area (Å²) in [6.07, 6.45) is 0. The van der Waals surface area contributed by atoms with Crippen LogP contribution < -0.4 is 0 Å². The minimum atomic E-state index is 0.909. The van der Waals surface area contributed by atoms with E-state index in [9.17, 15) is 0 Å². The van der Waals surface area contributed by atoms with Gasteiger partial charge in [-0.15, -0.1) is 0 Å². The lowest BCUT2D eigenvalue weighted by Crippen LogP contribution is -1.91. The number of benzene rings is 24. The zero-order chi connectivity index (χ0) is 84.4. The predicted molar refractivity (Wildman–Crippen MR) is 544 cm³/mol. The number of hydrogen-bond acceptors (Lipinski definition) is 3. The lowest BCUT2D eigenvalue weighted by molar-refractivity contribution is 0.669. The molecule has 27 rings (SSSR count). The van der Waals surface area contributed by atoms with Gasteiger partial charge in [-0.1, -0.05) is 370 Å². The molecular formula is C125H78O3. The van der Waals surface area contributed by atoms with Gasteiger partial charge >= 0.3 is 0 Å². The van der Waals surface area contributed by atoms with Crippen molar-refractivity contribution in [3.63, 3.8) is 0 Å². The monoisotopic (exact) mass is 1630 g/mol. The van der Waals surface area contributed by atoms with Gasteiger partial charge in [-0.2, -0.15) is 0 Å².